The summed E-state index contributed by atoms with van der Waals surface area (Å²) in [4.78, 5) is 4.18. The van der Waals surface area contributed by atoms with Gasteiger partial charge in [-0.3, -0.25) is 0 Å². The predicted molar refractivity (Wildman–Crippen MR) is 72.6 cm³/mol. The Kier molecular flexibility index (Phi) is 2.86. The third kappa shape index (κ3) is 2.20. The number of anilines is 1. The number of alkyl halides is 3. The molecule has 0 saturated carbocycles. The summed E-state index contributed by atoms with van der Waals surface area (Å²) in [5, 5.41) is 4.18. The van der Waals surface area contributed by atoms with Crippen molar-refractivity contribution in [3.8, 4) is 11.3 Å². The van der Waals surface area contributed by atoms with Gasteiger partial charge in [0.1, 0.15) is 0 Å². The fourth-order valence-electron chi connectivity index (χ4n) is 2.16. The average Bonchev–Trinajstić information content (AvgIpc) is 2.79. The van der Waals surface area contributed by atoms with E-state index in [4.69, 9.17) is 5.73 Å². The highest BCUT2D eigenvalue weighted by Crippen LogP contribution is 2.32. The van der Waals surface area contributed by atoms with Crippen molar-refractivity contribution in [1.29, 1.82) is 0 Å². The van der Waals surface area contributed by atoms with Crippen molar-refractivity contribution in [2.75, 3.05) is 5.73 Å². The molecule has 0 bridgehead atoms. The van der Waals surface area contributed by atoms with Crippen LogP contribution in [0.15, 0.2) is 36.7 Å². The first-order valence-corrected chi connectivity index (χ1v) is 6.14. The van der Waals surface area contributed by atoms with Crippen molar-refractivity contribution in [3.05, 3.63) is 47.8 Å². The van der Waals surface area contributed by atoms with E-state index in [0.717, 1.165) is 17.7 Å². The monoisotopic (exact) mass is 292 g/mol. The number of halogens is 3. The number of fused-ring (bicyclic) bond motifs is 1. The lowest BCUT2D eigenvalue weighted by Gasteiger charge is -2.10. The van der Waals surface area contributed by atoms with Crippen LogP contribution in [-0.4, -0.2) is 14.6 Å². The summed E-state index contributed by atoms with van der Waals surface area (Å²) in [7, 11) is 0. The van der Waals surface area contributed by atoms with Gasteiger partial charge in [0.05, 0.1) is 29.3 Å². The minimum absolute atomic E-state index is 0.352. The van der Waals surface area contributed by atoms with E-state index in [1.54, 1.807) is 6.20 Å². The minimum atomic E-state index is -4.36. The highest BCUT2D eigenvalue weighted by atomic mass is 19.4. The molecular weight excluding hydrogens is 281 g/mol. The number of nitrogens with zero attached hydrogens (tertiary/aromatic N) is 3. The van der Waals surface area contributed by atoms with Gasteiger partial charge in [0.15, 0.2) is 5.65 Å². The molecule has 0 atom stereocenters. The number of aromatic nitrogens is 3. The van der Waals surface area contributed by atoms with Gasteiger partial charge in [-0.25, -0.2) is 9.50 Å². The van der Waals surface area contributed by atoms with E-state index < -0.39 is 11.7 Å². The van der Waals surface area contributed by atoms with Gasteiger partial charge in [-0.15, -0.1) is 0 Å². The molecule has 0 spiro atoms. The molecule has 0 aliphatic heterocycles. The molecule has 0 saturated heterocycles. The maximum atomic E-state index is 12.6. The van der Waals surface area contributed by atoms with Crippen LogP contribution in [0, 0.1) is 6.92 Å². The molecule has 2 N–H and O–H groups in total. The summed E-state index contributed by atoms with van der Waals surface area (Å²) < 4.78 is 39.4. The maximum absolute atomic E-state index is 12.6. The molecule has 21 heavy (non-hydrogen) atoms. The van der Waals surface area contributed by atoms with Crippen LogP contribution in [0.5, 0.6) is 0 Å². The van der Waals surface area contributed by atoms with E-state index in [9.17, 15) is 13.2 Å². The number of aryl methyl sites for hydroxylation is 1. The number of hydrogen-bond acceptors (Lipinski definition) is 3. The van der Waals surface area contributed by atoms with E-state index >= 15 is 0 Å². The molecule has 3 rings (SSSR count). The second-order valence-corrected chi connectivity index (χ2v) is 4.70. The molecule has 1 aromatic carbocycles. The summed E-state index contributed by atoms with van der Waals surface area (Å²) in [6.07, 6.45) is -1.24. The highest BCUT2D eigenvalue weighted by molar-refractivity contribution is 5.75. The molecule has 108 valence electrons. The third-order valence-electron chi connectivity index (χ3n) is 3.22. The summed E-state index contributed by atoms with van der Waals surface area (Å²) in [6, 6.07) is 4.81. The zero-order valence-electron chi connectivity index (χ0n) is 11.0. The lowest BCUT2D eigenvalue weighted by atomic mass is 10.1. The quantitative estimate of drug-likeness (QED) is 0.748. The lowest BCUT2D eigenvalue weighted by molar-refractivity contribution is -0.137. The van der Waals surface area contributed by atoms with Gasteiger partial charge >= 0.3 is 6.18 Å². The van der Waals surface area contributed by atoms with Gasteiger partial charge in [0.2, 0.25) is 0 Å². The first-order valence-electron chi connectivity index (χ1n) is 6.14. The number of hydrogen-bond donors (Lipinski definition) is 1. The largest absolute Gasteiger partial charge is 0.416 e. The van der Waals surface area contributed by atoms with E-state index in [1.807, 2.05) is 6.92 Å². The Hall–Kier alpha value is -2.57. The Labute approximate surface area is 118 Å². The maximum Gasteiger partial charge on any atom is 0.416 e. The Morgan fingerprint density at radius 3 is 2.38 bits per heavy atom. The number of nitrogens with two attached hydrogens (primary N) is 1. The van der Waals surface area contributed by atoms with Crippen LogP contribution in [-0.2, 0) is 6.18 Å². The Bertz CT molecular complexity index is 803. The molecule has 7 heteroatoms. The zero-order chi connectivity index (χ0) is 15.2. The van der Waals surface area contributed by atoms with E-state index in [2.05, 4.69) is 10.1 Å². The van der Waals surface area contributed by atoms with Crippen LogP contribution in [0.2, 0.25) is 0 Å². The van der Waals surface area contributed by atoms with Crippen molar-refractivity contribution in [2.24, 2.45) is 0 Å². The van der Waals surface area contributed by atoms with Crippen molar-refractivity contribution in [3.63, 3.8) is 0 Å². The van der Waals surface area contributed by atoms with Gasteiger partial charge in [-0.05, 0) is 19.1 Å². The summed E-state index contributed by atoms with van der Waals surface area (Å²) >= 11 is 0. The molecular formula is C14H11F3N4. The molecule has 0 aliphatic rings. The fourth-order valence-corrected chi connectivity index (χ4v) is 2.16. The molecule has 4 nitrogen and oxygen atoms in total. The number of benzene rings is 1. The highest BCUT2D eigenvalue weighted by Gasteiger charge is 2.30. The Morgan fingerprint density at radius 1 is 1.10 bits per heavy atom. The van der Waals surface area contributed by atoms with Crippen molar-refractivity contribution >= 4 is 11.3 Å². The Morgan fingerprint density at radius 2 is 1.76 bits per heavy atom. The first kappa shape index (κ1) is 13.4. The van der Waals surface area contributed by atoms with Crippen LogP contribution >= 0.6 is 0 Å². The van der Waals surface area contributed by atoms with Crippen LogP contribution in [0.3, 0.4) is 0 Å². The SMILES string of the molecule is Cc1cnn2c(-c3ccc(C(F)(F)F)cc3)c(N)cnc12. The molecule has 2 heterocycles. The van der Waals surface area contributed by atoms with Crippen molar-refractivity contribution in [1.82, 2.24) is 14.6 Å². The smallest absolute Gasteiger partial charge is 0.396 e. The van der Waals surface area contributed by atoms with Crippen LogP contribution in [0.25, 0.3) is 16.9 Å². The van der Waals surface area contributed by atoms with Gasteiger partial charge in [0.25, 0.3) is 0 Å². The van der Waals surface area contributed by atoms with Crippen LogP contribution < -0.4 is 5.73 Å². The van der Waals surface area contributed by atoms with Gasteiger partial charge in [0, 0.05) is 11.1 Å². The summed E-state index contributed by atoms with van der Waals surface area (Å²) in [5.74, 6) is 0. The fraction of sp³-hybridized carbons (Fsp3) is 0.143. The molecule has 0 fully saturated rings. The molecule has 3 aromatic rings. The molecule has 2 aromatic heterocycles. The van der Waals surface area contributed by atoms with Crippen molar-refractivity contribution in [2.45, 2.75) is 13.1 Å². The zero-order valence-corrected chi connectivity index (χ0v) is 11.0. The van der Waals surface area contributed by atoms with E-state index in [0.29, 0.717) is 22.6 Å². The molecule has 0 radical (unpaired) electrons. The van der Waals surface area contributed by atoms with Crippen molar-refractivity contribution < 1.29 is 13.2 Å². The second-order valence-electron chi connectivity index (χ2n) is 4.70. The van der Waals surface area contributed by atoms with Gasteiger partial charge in [-0.2, -0.15) is 18.3 Å². The third-order valence-corrected chi connectivity index (χ3v) is 3.22. The molecule has 0 amide bonds. The second kappa shape index (κ2) is 4.47. The van der Waals surface area contributed by atoms with Gasteiger partial charge in [-0.1, -0.05) is 12.1 Å². The van der Waals surface area contributed by atoms with Crippen LogP contribution in [0.4, 0.5) is 18.9 Å². The first-order chi connectivity index (χ1) is 9.88. The van der Waals surface area contributed by atoms with E-state index in [1.165, 1.54) is 22.8 Å². The molecule has 0 aliphatic carbocycles. The predicted octanol–water partition coefficient (Wildman–Crippen LogP) is 3.31. The normalized spacial score (nSPS) is 12.0. The average molecular weight is 292 g/mol. The summed E-state index contributed by atoms with van der Waals surface area (Å²) in [5.41, 5.74) is 8.13. The van der Waals surface area contributed by atoms with Gasteiger partial charge < -0.3 is 5.73 Å². The lowest BCUT2D eigenvalue weighted by Crippen LogP contribution is -2.05. The number of nitrogen functional groups attached to an aromatic ring is 1. The minimum Gasteiger partial charge on any atom is -0.396 e. The Balaban J connectivity index is 2.18. The topological polar surface area (TPSA) is 56.2 Å². The number of rotatable bonds is 1. The summed E-state index contributed by atoms with van der Waals surface area (Å²) in [6.45, 7) is 1.85. The molecule has 0 unspecified atom stereocenters. The standard InChI is InChI=1S/C14H11F3N4/c1-8-6-20-21-12(11(18)7-19-13(8)21)9-2-4-10(5-3-9)14(15,16)17/h2-7H,18H2,1H3. The van der Waals surface area contributed by atoms with Crippen LogP contribution in [0.1, 0.15) is 11.1 Å². The van der Waals surface area contributed by atoms with E-state index in [-0.39, 0.29) is 0 Å².